The lowest BCUT2D eigenvalue weighted by atomic mass is 9.65. The second kappa shape index (κ2) is 13.6. The first-order valence-corrected chi connectivity index (χ1v) is 21.1. The maximum absolute atomic E-state index is 5.16. The third kappa shape index (κ3) is 5.15. The maximum atomic E-state index is 5.16. The first-order chi connectivity index (χ1) is 29.7. The van der Waals surface area contributed by atoms with Crippen molar-refractivity contribution in [1.29, 1.82) is 0 Å². The van der Waals surface area contributed by atoms with Crippen molar-refractivity contribution in [2.75, 3.05) is 0 Å². The van der Waals surface area contributed by atoms with Gasteiger partial charge in [-0.2, -0.15) is 0 Å². The molecule has 0 aromatic heterocycles. The molecule has 1 aliphatic heterocycles. The van der Waals surface area contributed by atoms with Gasteiger partial charge in [0.05, 0.1) is 5.41 Å². The second-order valence-electron chi connectivity index (χ2n) is 16.5. The molecule has 0 fully saturated rings. The van der Waals surface area contributed by atoms with E-state index in [4.69, 9.17) is 9.98 Å². The summed E-state index contributed by atoms with van der Waals surface area (Å²) in [5, 5.41) is 6.11. The van der Waals surface area contributed by atoms with Crippen LogP contribution in [0.15, 0.2) is 216 Å². The average molecular weight is 768 g/mol. The number of hydrogen-bond donors (Lipinski definition) is 1. The third-order valence-corrected chi connectivity index (χ3v) is 13.2. The summed E-state index contributed by atoms with van der Waals surface area (Å²) in [7, 11) is 0. The standard InChI is InChI=1S/C57H41N3/c1-36-15-14-24-48-46-23-11-13-26-50(46)57(53(36)48)49-25-12-10-22-45(49)47-34-32-42(35-51(47)57)44-33-31-37-16-8-9-21-43(37)52(44)38-27-29-41(30-28-38)56-59-54(39-17-4-2-5-18-39)58-55(60-56)40-19-6-3-7-20-40/h2-14,16-36,56H,15H2,1H3,(H,58,59,60). The van der Waals surface area contributed by atoms with E-state index < -0.39 is 0 Å². The topological polar surface area (TPSA) is 36.8 Å². The minimum atomic E-state index is -0.343. The Kier molecular flexibility index (Phi) is 7.86. The van der Waals surface area contributed by atoms with E-state index in [0.29, 0.717) is 5.92 Å². The Labute approximate surface area is 350 Å². The summed E-state index contributed by atoms with van der Waals surface area (Å²) in [6.45, 7) is 2.42. The van der Waals surface area contributed by atoms with Crippen LogP contribution in [0.4, 0.5) is 0 Å². The molecule has 0 saturated carbocycles. The molecule has 8 aromatic carbocycles. The molecule has 3 aliphatic carbocycles. The molecule has 0 saturated heterocycles. The molecular formula is C57H41N3. The van der Waals surface area contributed by atoms with Crippen LogP contribution in [-0.2, 0) is 5.41 Å². The van der Waals surface area contributed by atoms with E-state index in [1.54, 1.807) is 5.57 Å². The van der Waals surface area contributed by atoms with Gasteiger partial charge in [-0.3, -0.25) is 0 Å². The van der Waals surface area contributed by atoms with Gasteiger partial charge in [0.25, 0.3) is 0 Å². The Morgan fingerprint density at radius 2 is 1.17 bits per heavy atom. The molecule has 3 atom stereocenters. The molecule has 0 radical (unpaired) electrons. The Morgan fingerprint density at radius 1 is 0.533 bits per heavy atom. The highest BCUT2D eigenvalue weighted by Gasteiger charge is 2.54. The zero-order valence-corrected chi connectivity index (χ0v) is 33.3. The lowest BCUT2D eigenvalue weighted by molar-refractivity contribution is 0.591. The fourth-order valence-corrected chi connectivity index (χ4v) is 10.6. The SMILES string of the molecule is CC1CC=CC2=C1C1(c3ccccc32)c2ccccc2-c2ccc(-c3ccc4ccccc4c3-c3ccc(C4N=C(c5ccccc5)N=C(c5ccccc5)N4)cc3)cc21. The van der Waals surface area contributed by atoms with E-state index in [-0.39, 0.29) is 11.6 Å². The largest absolute Gasteiger partial charge is 0.344 e. The molecule has 8 aromatic rings. The van der Waals surface area contributed by atoms with Gasteiger partial charge < -0.3 is 5.32 Å². The van der Waals surface area contributed by atoms with E-state index in [1.165, 1.54) is 72.0 Å². The number of rotatable bonds is 5. The summed E-state index contributed by atoms with van der Waals surface area (Å²) in [5.41, 5.74) is 18.8. The fraction of sp³-hybridized carbons (Fsp3) is 0.0877. The Balaban J connectivity index is 1.01. The summed E-state index contributed by atoms with van der Waals surface area (Å²) in [6.07, 6.45) is 5.52. The van der Waals surface area contributed by atoms with E-state index in [2.05, 4.69) is 176 Å². The molecule has 3 heteroatoms. The minimum Gasteiger partial charge on any atom is -0.344 e. The van der Waals surface area contributed by atoms with E-state index in [1.807, 2.05) is 36.4 Å². The van der Waals surface area contributed by atoms with Crippen LogP contribution in [0.3, 0.4) is 0 Å². The molecule has 1 spiro atoms. The first-order valence-electron chi connectivity index (χ1n) is 21.1. The van der Waals surface area contributed by atoms with Crippen LogP contribution in [0.1, 0.15) is 58.5 Å². The zero-order valence-electron chi connectivity index (χ0n) is 33.3. The summed E-state index contributed by atoms with van der Waals surface area (Å²) in [5.74, 6) is 1.95. The Morgan fingerprint density at radius 3 is 1.97 bits per heavy atom. The number of nitrogens with one attached hydrogen (secondary N) is 1. The number of hydrogen-bond acceptors (Lipinski definition) is 3. The van der Waals surface area contributed by atoms with Gasteiger partial charge in [0, 0.05) is 11.1 Å². The minimum absolute atomic E-state index is 0.297. The maximum Gasteiger partial charge on any atom is 0.159 e. The third-order valence-electron chi connectivity index (χ3n) is 13.2. The molecule has 284 valence electrons. The highest BCUT2D eigenvalue weighted by Crippen LogP contribution is 2.65. The highest BCUT2D eigenvalue weighted by molar-refractivity contribution is 6.13. The van der Waals surface area contributed by atoms with Crippen LogP contribution < -0.4 is 5.32 Å². The fourth-order valence-electron chi connectivity index (χ4n) is 10.6. The lowest BCUT2D eigenvalue weighted by Gasteiger charge is -2.36. The number of amidine groups is 2. The van der Waals surface area contributed by atoms with Crippen LogP contribution >= 0.6 is 0 Å². The van der Waals surface area contributed by atoms with Crippen molar-refractivity contribution in [3.8, 4) is 33.4 Å². The lowest BCUT2D eigenvalue weighted by Crippen LogP contribution is -2.33. The number of allylic oxidation sites excluding steroid dienone is 4. The van der Waals surface area contributed by atoms with Gasteiger partial charge in [-0.15, -0.1) is 0 Å². The molecule has 60 heavy (non-hydrogen) atoms. The van der Waals surface area contributed by atoms with Crippen LogP contribution in [-0.4, -0.2) is 11.7 Å². The second-order valence-corrected chi connectivity index (χ2v) is 16.5. The summed E-state index contributed by atoms with van der Waals surface area (Å²) in [4.78, 5) is 10.2. The number of fused-ring (bicyclic) bond motifs is 10. The molecular weight excluding hydrogens is 727 g/mol. The molecule has 1 heterocycles. The van der Waals surface area contributed by atoms with Crippen LogP contribution in [0.5, 0.6) is 0 Å². The molecule has 3 nitrogen and oxygen atoms in total. The quantitative estimate of drug-likeness (QED) is 0.186. The summed E-state index contributed by atoms with van der Waals surface area (Å²) >= 11 is 0. The van der Waals surface area contributed by atoms with E-state index in [9.17, 15) is 0 Å². The number of nitrogens with zero attached hydrogens (tertiary/aromatic N) is 2. The Bertz CT molecular complexity index is 3150. The predicted molar refractivity (Wildman–Crippen MR) is 248 cm³/mol. The molecule has 0 bridgehead atoms. The zero-order chi connectivity index (χ0) is 39.8. The summed E-state index contributed by atoms with van der Waals surface area (Å²) < 4.78 is 0. The van der Waals surface area contributed by atoms with Crippen molar-refractivity contribution in [3.63, 3.8) is 0 Å². The molecule has 0 amide bonds. The van der Waals surface area contributed by atoms with Crippen molar-refractivity contribution in [2.24, 2.45) is 15.9 Å². The van der Waals surface area contributed by atoms with Gasteiger partial charge in [-0.05, 0) is 102 Å². The van der Waals surface area contributed by atoms with Gasteiger partial charge >= 0.3 is 0 Å². The van der Waals surface area contributed by atoms with Crippen molar-refractivity contribution in [1.82, 2.24) is 5.32 Å². The molecule has 4 aliphatic rings. The number of aliphatic imine (C=N–C) groups is 2. The summed E-state index contributed by atoms with van der Waals surface area (Å²) in [6, 6.07) is 68.6. The van der Waals surface area contributed by atoms with Crippen molar-refractivity contribution in [3.05, 3.63) is 245 Å². The molecule has 1 N–H and O–H groups in total. The monoisotopic (exact) mass is 767 g/mol. The molecule has 12 rings (SSSR count). The van der Waals surface area contributed by atoms with Gasteiger partial charge in [0.1, 0.15) is 12.0 Å². The van der Waals surface area contributed by atoms with E-state index in [0.717, 1.165) is 34.8 Å². The average Bonchev–Trinajstić information content (AvgIpc) is 3.79. The predicted octanol–water partition coefficient (Wildman–Crippen LogP) is 13.3. The van der Waals surface area contributed by atoms with Gasteiger partial charge in [-0.1, -0.05) is 201 Å². The van der Waals surface area contributed by atoms with Crippen LogP contribution in [0.25, 0.3) is 49.7 Å². The van der Waals surface area contributed by atoms with Crippen LogP contribution in [0, 0.1) is 5.92 Å². The van der Waals surface area contributed by atoms with Crippen molar-refractivity contribution in [2.45, 2.75) is 24.9 Å². The first kappa shape index (κ1) is 34.7. The molecule has 3 unspecified atom stereocenters. The van der Waals surface area contributed by atoms with Gasteiger partial charge in [-0.25, -0.2) is 9.98 Å². The normalized spacial score (nSPS) is 19.6. The van der Waals surface area contributed by atoms with Crippen LogP contribution in [0.2, 0.25) is 0 Å². The van der Waals surface area contributed by atoms with Gasteiger partial charge in [0.15, 0.2) is 5.84 Å². The Hall–Kier alpha value is -7.36. The van der Waals surface area contributed by atoms with Gasteiger partial charge in [0.2, 0.25) is 0 Å². The van der Waals surface area contributed by atoms with Crippen molar-refractivity contribution >= 4 is 28.0 Å². The van der Waals surface area contributed by atoms with E-state index >= 15 is 0 Å². The van der Waals surface area contributed by atoms with Crippen molar-refractivity contribution < 1.29 is 0 Å². The highest BCUT2D eigenvalue weighted by atomic mass is 15.2. The smallest absolute Gasteiger partial charge is 0.159 e. The number of benzene rings is 8.